The molecule has 0 aliphatic rings. The molecule has 1 aromatic rings. The first kappa shape index (κ1) is 17.9. The van der Waals surface area contributed by atoms with Gasteiger partial charge in [-0.1, -0.05) is 0 Å². The van der Waals surface area contributed by atoms with E-state index < -0.39 is 51.7 Å². The minimum atomic E-state index is -9.82. The Hall–Kier alpha value is -0.200. The Morgan fingerprint density at radius 3 is 0.950 bits per heavy atom. The van der Waals surface area contributed by atoms with Gasteiger partial charge in [-0.25, -0.2) is 8.78 Å². The zero-order valence-electron chi connectivity index (χ0n) is 8.51. The van der Waals surface area contributed by atoms with Crippen molar-refractivity contribution in [1.29, 1.82) is 0 Å². The van der Waals surface area contributed by atoms with Gasteiger partial charge in [0.25, 0.3) is 18.1 Å². The van der Waals surface area contributed by atoms with Gasteiger partial charge in [-0.2, -0.15) is 0 Å². The summed E-state index contributed by atoms with van der Waals surface area (Å²) < 4.78 is 127. The lowest BCUT2D eigenvalue weighted by molar-refractivity contribution is 0.439. The molecule has 1 aromatic carbocycles. The number of benzene rings is 1. The highest BCUT2D eigenvalue weighted by atomic mass is 35.7. The highest BCUT2D eigenvalue weighted by Crippen LogP contribution is 3.06. The highest BCUT2D eigenvalue weighted by molar-refractivity contribution is 8.66. The Kier molecular flexibility index (Phi) is 2.77. The first-order valence-electron chi connectivity index (χ1n) is 3.98. The molecule has 14 heteroatoms. The fraction of sp³-hybridized carbons (Fsp3) is 0. The molecule has 0 heterocycles. The molecule has 122 valence electrons. The first-order chi connectivity index (χ1) is 8.01. The number of halogens is 12. The van der Waals surface area contributed by atoms with Crippen molar-refractivity contribution in [2.24, 2.45) is 0 Å². The van der Waals surface area contributed by atoms with Crippen LogP contribution in [-0.2, 0) is 0 Å². The third-order valence-corrected chi connectivity index (χ3v) is 5.10. The monoisotopic (exact) mass is 398 g/mol. The van der Waals surface area contributed by atoms with E-state index in [1.807, 2.05) is 0 Å². The normalized spacial score (nSPS) is 20.6. The van der Waals surface area contributed by atoms with Gasteiger partial charge in [0.1, 0.15) is 21.4 Å². The average Bonchev–Trinajstić information content (AvgIpc) is 1.99. The van der Waals surface area contributed by atoms with Crippen molar-refractivity contribution in [2.45, 2.75) is 9.79 Å². The van der Waals surface area contributed by atoms with Crippen LogP contribution < -0.4 is 0 Å². The van der Waals surface area contributed by atoms with E-state index in [0.717, 1.165) is 0 Å². The molecule has 0 N–H and O–H groups in total. The fourth-order valence-electron chi connectivity index (χ4n) is 1.10. The molecule has 0 amide bonds. The standard InChI is InChI=1S/C6H2Cl2F10S2/c7-19(11,12,13,14)5-1-3(9)6(2-4(5)10)20(8,15,16,17)18/h1-2H. The fourth-order valence-corrected chi connectivity index (χ4v) is 3.32. The zero-order valence-corrected chi connectivity index (χ0v) is 11.7. The SMILES string of the molecule is Fc1cc(S(F)(F)(F)(F)Cl)c(F)cc1S(F)(F)(F)(F)Cl. The molecule has 0 fully saturated rings. The van der Waals surface area contributed by atoms with Gasteiger partial charge in [0.05, 0.1) is 0 Å². The van der Waals surface area contributed by atoms with Crippen LogP contribution in [0.4, 0.5) is 39.9 Å². The van der Waals surface area contributed by atoms with E-state index in [2.05, 4.69) is 21.4 Å². The molecule has 0 bridgehead atoms. The van der Waals surface area contributed by atoms with Crippen LogP contribution >= 0.6 is 39.5 Å². The van der Waals surface area contributed by atoms with Gasteiger partial charge < -0.3 is 0 Å². The largest absolute Gasteiger partial charge is 0.256 e. The van der Waals surface area contributed by atoms with Crippen LogP contribution in [0.2, 0.25) is 0 Å². The molecule has 0 nitrogen and oxygen atoms in total. The van der Waals surface area contributed by atoms with Gasteiger partial charge in [-0.3, -0.25) is 0 Å². The molecule has 0 radical (unpaired) electrons. The lowest BCUT2D eigenvalue weighted by Gasteiger charge is -2.45. The molecule has 0 aromatic heterocycles. The Labute approximate surface area is 113 Å². The Balaban J connectivity index is 3.82. The summed E-state index contributed by atoms with van der Waals surface area (Å²) in [5.41, 5.74) is 0. The van der Waals surface area contributed by atoms with Crippen LogP contribution in [0, 0.1) is 11.6 Å². The van der Waals surface area contributed by atoms with E-state index in [1.165, 1.54) is 0 Å². The van der Waals surface area contributed by atoms with Crippen molar-refractivity contribution in [3.63, 3.8) is 0 Å². The summed E-state index contributed by atoms with van der Waals surface area (Å²) in [6.45, 7) is 0. The molecule has 1 rings (SSSR count). The number of hydrogen-bond acceptors (Lipinski definition) is 0. The lowest BCUT2D eigenvalue weighted by Crippen LogP contribution is -2.13. The predicted molar refractivity (Wildman–Crippen MR) is 58.6 cm³/mol. The molecule has 20 heavy (non-hydrogen) atoms. The Morgan fingerprint density at radius 1 is 0.600 bits per heavy atom. The van der Waals surface area contributed by atoms with E-state index in [1.54, 1.807) is 0 Å². The molecule has 0 aliphatic carbocycles. The van der Waals surface area contributed by atoms with Crippen LogP contribution in [-0.4, -0.2) is 0 Å². The second-order valence-corrected chi connectivity index (χ2v) is 12.1. The average molecular weight is 399 g/mol. The summed E-state index contributed by atoms with van der Waals surface area (Å²) in [6, 6.07) is -2.47. The van der Waals surface area contributed by atoms with Crippen molar-refractivity contribution < 1.29 is 39.9 Å². The summed E-state index contributed by atoms with van der Waals surface area (Å²) >= 11 is 0. The van der Waals surface area contributed by atoms with Crippen molar-refractivity contribution in [3.05, 3.63) is 23.8 Å². The number of rotatable bonds is 2. The van der Waals surface area contributed by atoms with Gasteiger partial charge in [0.15, 0.2) is 0 Å². The molecule has 0 saturated carbocycles. The van der Waals surface area contributed by atoms with Crippen molar-refractivity contribution in [3.8, 4) is 0 Å². The van der Waals surface area contributed by atoms with E-state index in [0.29, 0.717) is 0 Å². The second-order valence-electron chi connectivity index (χ2n) is 3.65. The third-order valence-electron chi connectivity index (χ3n) is 1.82. The quantitative estimate of drug-likeness (QED) is 0.445. The van der Waals surface area contributed by atoms with Crippen LogP contribution in [0.15, 0.2) is 21.9 Å². The summed E-state index contributed by atoms with van der Waals surface area (Å²) in [7, 11) is -12.4. The summed E-state index contributed by atoms with van der Waals surface area (Å²) in [6.07, 6.45) is 0. The second kappa shape index (κ2) is 3.10. The van der Waals surface area contributed by atoms with Gasteiger partial charge in [-0.15, -0.1) is 31.1 Å². The third kappa shape index (κ3) is 3.92. The maximum absolute atomic E-state index is 13.0. The number of hydrogen-bond donors (Lipinski definition) is 0. The van der Waals surface area contributed by atoms with Crippen LogP contribution in [0.5, 0.6) is 0 Å². The van der Waals surface area contributed by atoms with Crippen LogP contribution in [0.3, 0.4) is 0 Å². The Morgan fingerprint density at radius 2 is 0.800 bits per heavy atom. The van der Waals surface area contributed by atoms with Gasteiger partial charge >= 0.3 is 0 Å². The van der Waals surface area contributed by atoms with Gasteiger partial charge in [0, 0.05) is 21.4 Å². The maximum Gasteiger partial charge on any atom is 0.256 e. The lowest BCUT2D eigenvalue weighted by atomic mass is 10.3. The van der Waals surface area contributed by atoms with Gasteiger partial charge in [0.2, 0.25) is 0 Å². The molecule has 0 unspecified atom stereocenters. The highest BCUT2D eigenvalue weighted by Gasteiger charge is 2.68. The molecule has 0 saturated heterocycles. The predicted octanol–water partition coefficient (Wildman–Crippen LogP) is 7.82. The summed E-state index contributed by atoms with van der Waals surface area (Å²) in [5.74, 6) is -5.91. The topological polar surface area (TPSA) is 0 Å². The zero-order chi connectivity index (χ0) is 16.5. The maximum atomic E-state index is 13.0. The summed E-state index contributed by atoms with van der Waals surface area (Å²) in [5, 5.41) is 0. The van der Waals surface area contributed by atoms with Crippen molar-refractivity contribution in [1.82, 2.24) is 0 Å². The van der Waals surface area contributed by atoms with Crippen LogP contribution in [0.25, 0.3) is 0 Å². The Bertz CT molecular complexity index is 543. The molecular weight excluding hydrogens is 397 g/mol. The molecular formula is C6H2Cl2F10S2. The van der Waals surface area contributed by atoms with E-state index in [9.17, 15) is 39.9 Å². The van der Waals surface area contributed by atoms with E-state index in [4.69, 9.17) is 0 Å². The minimum Gasteiger partial charge on any atom is -0.205 e. The molecule has 0 atom stereocenters. The first-order valence-corrected chi connectivity index (χ1v) is 9.74. The smallest absolute Gasteiger partial charge is 0.205 e. The van der Waals surface area contributed by atoms with Gasteiger partial charge in [-0.05, 0) is 12.1 Å². The van der Waals surface area contributed by atoms with Crippen molar-refractivity contribution >= 4 is 39.5 Å². The van der Waals surface area contributed by atoms with E-state index in [-0.39, 0.29) is 0 Å². The van der Waals surface area contributed by atoms with E-state index >= 15 is 0 Å². The summed E-state index contributed by atoms with van der Waals surface area (Å²) in [4.78, 5) is -6.21. The minimum absolute atomic E-state index is 1.24. The van der Waals surface area contributed by atoms with Crippen LogP contribution in [0.1, 0.15) is 0 Å². The molecule has 0 aliphatic heterocycles. The molecule has 0 spiro atoms. The van der Waals surface area contributed by atoms with Crippen molar-refractivity contribution in [2.75, 3.05) is 0 Å².